The summed E-state index contributed by atoms with van der Waals surface area (Å²) in [6.45, 7) is 2.12. The van der Waals surface area contributed by atoms with Gasteiger partial charge in [0.1, 0.15) is 5.82 Å². The Balaban J connectivity index is 0.000000337. The van der Waals surface area contributed by atoms with Crippen molar-refractivity contribution in [3.63, 3.8) is 0 Å². The highest BCUT2D eigenvalue weighted by Crippen LogP contribution is 2.21. The van der Waals surface area contributed by atoms with Gasteiger partial charge in [-0.1, -0.05) is 24.4 Å². The van der Waals surface area contributed by atoms with Crippen LogP contribution < -0.4 is 11.1 Å². The maximum absolute atomic E-state index is 12.6. The van der Waals surface area contributed by atoms with Crippen molar-refractivity contribution in [3.05, 3.63) is 35.6 Å². The molecule has 0 spiro atoms. The zero-order valence-electron chi connectivity index (χ0n) is 8.45. The van der Waals surface area contributed by atoms with Gasteiger partial charge in [-0.15, -0.1) is 0 Å². The average Bonchev–Trinajstić information content (AvgIpc) is 2.73. The largest absolute Gasteiger partial charge is 0.396 e. The van der Waals surface area contributed by atoms with E-state index in [0.29, 0.717) is 5.92 Å². The summed E-state index contributed by atoms with van der Waals surface area (Å²) < 4.78 is 12.6. The van der Waals surface area contributed by atoms with E-state index in [-0.39, 0.29) is 5.82 Å². The third-order valence-electron chi connectivity index (χ3n) is 2.40. The second kappa shape index (κ2) is 6.48. The number of nitrogens with one attached hydrogen (secondary N) is 1. The molecule has 1 aliphatic rings. The Morgan fingerprint density at radius 2 is 2.00 bits per heavy atom. The molecule has 0 bridgehead atoms. The zero-order valence-corrected chi connectivity index (χ0v) is 9.27. The Morgan fingerprint density at radius 3 is 2.47 bits per heavy atom. The third-order valence-corrected chi connectivity index (χ3v) is 2.40. The Morgan fingerprint density at radius 1 is 1.40 bits per heavy atom. The smallest absolute Gasteiger partial charge is 0.123 e. The molecule has 1 atom stereocenters. The molecule has 3 N–H and O–H groups in total. The van der Waals surface area contributed by atoms with Gasteiger partial charge in [-0.3, -0.25) is 0 Å². The molecule has 0 amide bonds. The molecule has 0 radical (unpaired) electrons. The Hall–Kier alpha value is -1.00. The molecule has 82 valence electrons. The van der Waals surface area contributed by atoms with Crippen molar-refractivity contribution in [1.82, 2.24) is 5.32 Å². The molecule has 1 unspecified atom stereocenters. The van der Waals surface area contributed by atoms with Crippen LogP contribution >= 0.6 is 12.2 Å². The van der Waals surface area contributed by atoms with E-state index in [4.69, 9.17) is 0 Å². The molecule has 1 saturated heterocycles. The van der Waals surface area contributed by atoms with Gasteiger partial charge in [0.05, 0.1) is 5.49 Å². The van der Waals surface area contributed by atoms with Crippen molar-refractivity contribution in [2.75, 3.05) is 13.1 Å². The van der Waals surface area contributed by atoms with Crippen LogP contribution in [0, 0.1) is 5.82 Å². The Labute approximate surface area is 94.7 Å². The fraction of sp³-hybridized carbons (Fsp3) is 0.364. The second-order valence-electron chi connectivity index (χ2n) is 3.38. The van der Waals surface area contributed by atoms with Gasteiger partial charge in [0.25, 0.3) is 0 Å². The third kappa shape index (κ3) is 3.93. The SMILES string of the molecule is Fc1ccc(C2CCNC2)cc1.NC=S. The molecule has 4 heteroatoms. The van der Waals surface area contributed by atoms with Crippen LogP contribution in [0.4, 0.5) is 4.39 Å². The van der Waals surface area contributed by atoms with Crippen molar-refractivity contribution < 1.29 is 4.39 Å². The summed E-state index contributed by atoms with van der Waals surface area (Å²) in [6.07, 6.45) is 1.17. The van der Waals surface area contributed by atoms with E-state index >= 15 is 0 Å². The highest BCUT2D eigenvalue weighted by atomic mass is 32.1. The first-order valence-corrected chi connectivity index (χ1v) is 5.36. The van der Waals surface area contributed by atoms with Gasteiger partial charge in [-0.05, 0) is 36.6 Å². The first-order valence-electron chi connectivity index (χ1n) is 4.89. The zero-order chi connectivity index (χ0) is 11.1. The molecule has 1 aliphatic heterocycles. The van der Waals surface area contributed by atoms with E-state index in [1.807, 2.05) is 12.1 Å². The molecule has 2 nitrogen and oxygen atoms in total. The van der Waals surface area contributed by atoms with Gasteiger partial charge in [0.2, 0.25) is 0 Å². The molecule has 1 aromatic rings. The van der Waals surface area contributed by atoms with E-state index in [9.17, 15) is 4.39 Å². The summed E-state index contributed by atoms with van der Waals surface area (Å²) in [5.41, 5.74) is 6.87. The maximum Gasteiger partial charge on any atom is 0.123 e. The summed E-state index contributed by atoms with van der Waals surface area (Å²) in [5, 5.41) is 3.29. The van der Waals surface area contributed by atoms with E-state index in [1.165, 1.54) is 24.1 Å². The van der Waals surface area contributed by atoms with Crippen LogP contribution in [0.1, 0.15) is 17.9 Å². The van der Waals surface area contributed by atoms with Gasteiger partial charge < -0.3 is 11.1 Å². The summed E-state index contributed by atoms with van der Waals surface area (Å²) in [5.74, 6) is 0.440. The maximum atomic E-state index is 12.6. The van der Waals surface area contributed by atoms with Crippen molar-refractivity contribution in [2.24, 2.45) is 5.73 Å². The summed E-state index contributed by atoms with van der Waals surface area (Å²) >= 11 is 4.05. The van der Waals surface area contributed by atoms with E-state index in [0.717, 1.165) is 18.6 Å². The van der Waals surface area contributed by atoms with E-state index < -0.39 is 0 Å². The molecule has 1 aromatic carbocycles. The minimum atomic E-state index is -0.148. The molecule has 15 heavy (non-hydrogen) atoms. The number of hydrogen-bond donors (Lipinski definition) is 2. The Kier molecular flexibility index (Phi) is 5.21. The van der Waals surface area contributed by atoms with Gasteiger partial charge in [0, 0.05) is 6.54 Å². The van der Waals surface area contributed by atoms with Crippen LogP contribution in [0.2, 0.25) is 0 Å². The predicted octanol–water partition coefficient (Wildman–Crippen LogP) is 1.80. The minimum Gasteiger partial charge on any atom is -0.396 e. The summed E-state index contributed by atoms with van der Waals surface area (Å²) in [7, 11) is 0. The fourth-order valence-electron chi connectivity index (χ4n) is 1.67. The van der Waals surface area contributed by atoms with Crippen LogP contribution in [0.3, 0.4) is 0 Å². The summed E-state index contributed by atoms with van der Waals surface area (Å²) in [4.78, 5) is 0. The molecule has 0 aromatic heterocycles. The van der Waals surface area contributed by atoms with E-state index in [2.05, 4.69) is 23.3 Å². The first-order chi connectivity index (χ1) is 7.27. The highest BCUT2D eigenvalue weighted by Gasteiger charge is 2.15. The molecule has 0 aliphatic carbocycles. The fourth-order valence-corrected chi connectivity index (χ4v) is 1.67. The molecule has 1 fully saturated rings. The van der Waals surface area contributed by atoms with Crippen LogP contribution in [0.25, 0.3) is 0 Å². The molecule has 0 saturated carbocycles. The monoisotopic (exact) mass is 226 g/mol. The number of thiocarbonyl (C=S) groups is 1. The predicted molar refractivity (Wildman–Crippen MR) is 64.5 cm³/mol. The summed E-state index contributed by atoms with van der Waals surface area (Å²) in [6, 6.07) is 6.83. The van der Waals surface area contributed by atoms with Gasteiger partial charge in [-0.25, -0.2) is 4.39 Å². The lowest BCUT2D eigenvalue weighted by atomic mass is 9.99. The number of nitrogens with two attached hydrogens (primary N) is 1. The highest BCUT2D eigenvalue weighted by molar-refractivity contribution is 7.78. The standard InChI is InChI=1S/C10H12FN.CH3NS/c11-10-3-1-8(2-4-10)9-5-6-12-7-9;2-1-3/h1-4,9,12H,5-7H2;1H,(H2,2,3). The van der Waals surface area contributed by atoms with Crippen LogP contribution in [-0.4, -0.2) is 18.6 Å². The average molecular weight is 226 g/mol. The van der Waals surface area contributed by atoms with Crippen LogP contribution in [0.5, 0.6) is 0 Å². The number of rotatable bonds is 1. The van der Waals surface area contributed by atoms with E-state index in [1.54, 1.807) is 0 Å². The lowest BCUT2D eigenvalue weighted by Crippen LogP contribution is -2.07. The quantitative estimate of drug-likeness (QED) is 0.717. The number of hydrogen-bond acceptors (Lipinski definition) is 2. The molecule has 2 rings (SSSR count). The van der Waals surface area contributed by atoms with Crippen molar-refractivity contribution in [1.29, 1.82) is 0 Å². The van der Waals surface area contributed by atoms with Crippen molar-refractivity contribution in [2.45, 2.75) is 12.3 Å². The first kappa shape index (κ1) is 12.1. The lowest BCUT2D eigenvalue weighted by Gasteiger charge is -2.07. The van der Waals surface area contributed by atoms with Gasteiger partial charge in [-0.2, -0.15) is 0 Å². The van der Waals surface area contributed by atoms with Gasteiger partial charge >= 0.3 is 0 Å². The van der Waals surface area contributed by atoms with Crippen molar-refractivity contribution in [3.8, 4) is 0 Å². The molecule has 1 heterocycles. The van der Waals surface area contributed by atoms with Crippen molar-refractivity contribution >= 4 is 17.7 Å². The van der Waals surface area contributed by atoms with Gasteiger partial charge in [0.15, 0.2) is 0 Å². The molecular weight excluding hydrogens is 211 g/mol. The lowest BCUT2D eigenvalue weighted by molar-refractivity contribution is 0.625. The Bertz CT molecular complexity index is 294. The number of benzene rings is 1. The van der Waals surface area contributed by atoms with Crippen LogP contribution in [0.15, 0.2) is 24.3 Å². The minimum absolute atomic E-state index is 0.148. The number of halogens is 1. The molecular formula is C11H15FN2S. The normalized spacial score (nSPS) is 19.1. The topological polar surface area (TPSA) is 38.0 Å². The second-order valence-corrected chi connectivity index (χ2v) is 3.65. The van der Waals surface area contributed by atoms with Crippen LogP contribution in [-0.2, 0) is 0 Å².